The van der Waals surface area contributed by atoms with Gasteiger partial charge in [-0.3, -0.25) is 4.79 Å². The Morgan fingerprint density at radius 1 is 1.28 bits per heavy atom. The quantitative estimate of drug-likeness (QED) is 0.623. The van der Waals surface area contributed by atoms with Gasteiger partial charge in [0.1, 0.15) is 0 Å². The van der Waals surface area contributed by atoms with Crippen molar-refractivity contribution in [2.24, 2.45) is 11.3 Å². The summed E-state index contributed by atoms with van der Waals surface area (Å²) < 4.78 is 5.83. The third-order valence-electron chi connectivity index (χ3n) is 5.14. The molecule has 25 heavy (non-hydrogen) atoms. The van der Waals surface area contributed by atoms with Crippen LogP contribution in [0.3, 0.4) is 0 Å². The zero-order chi connectivity index (χ0) is 19.1. The predicted molar refractivity (Wildman–Crippen MR) is 106 cm³/mol. The molecule has 0 aromatic carbocycles. The number of ether oxygens (including phenoxy) is 1. The van der Waals surface area contributed by atoms with Crippen molar-refractivity contribution in [3.05, 3.63) is 36.0 Å². The minimum absolute atomic E-state index is 0.0166. The van der Waals surface area contributed by atoms with E-state index in [0.29, 0.717) is 18.1 Å². The first-order chi connectivity index (χ1) is 11.6. The van der Waals surface area contributed by atoms with Gasteiger partial charge in [-0.1, -0.05) is 58.4 Å². The summed E-state index contributed by atoms with van der Waals surface area (Å²) >= 11 is 0. The van der Waals surface area contributed by atoms with Gasteiger partial charge >= 0.3 is 0 Å². The molecule has 142 valence electrons. The highest BCUT2D eigenvalue weighted by Gasteiger charge is 2.25. The molecular weight excluding hydrogens is 310 g/mol. The van der Waals surface area contributed by atoms with Gasteiger partial charge in [-0.2, -0.15) is 0 Å². The third kappa shape index (κ3) is 7.19. The third-order valence-corrected chi connectivity index (χ3v) is 5.14. The summed E-state index contributed by atoms with van der Waals surface area (Å²) in [6.45, 7) is 15.6. The van der Waals surface area contributed by atoms with E-state index in [4.69, 9.17) is 4.74 Å². The van der Waals surface area contributed by atoms with Gasteiger partial charge < -0.3 is 10.1 Å². The van der Waals surface area contributed by atoms with Crippen molar-refractivity contribution in [2.75, 3.05) is 6.61 Å². The molecule has 0 aliphatic heterocycles. The van der Waals surface area contributed by atoms with Gasteiger partial charge in [0.05, 0.1) is 6.10 Å². The Balaban J connectivity index is 2.60. The molecule has 1 rings (SSSR count). The van der Waals surface area contributed by atoms with Gasteiger partial charge in [0.2, 0.25) is 0 Å². The Morgan fingerprint density at radius 2 is 1.96 bits per heavy atom. The Bertz CT molecular complexity index is 528. The lowest BCUT2D eigenvalue weighted by atomic mass is 9.79. The molecule has 3 heteroatoms. The number of carbonyl (C=O) groups is 1. The molecule has 1 amide bonds. The van der Waals surface area contributed by atoms with Gasteiger partial charge in [0.25, 0.3) is 5.91 Å². The van der Waals surface area contributed by atoms with Crippen LogP contribution in [0.5, 0.6) is 0 Å². The topological polar surface area (TPSA) is 38.3 Å². The van der Waals surface area contributed by atoms with Crippen LogP contribution >= 0.6 is 0 Å². The second kappa shape index (κ2) is 9.38. The van der Waals surface area contributed by atoms with Gasteiger partial charge in [0, 0.05) is 23.1 Å². The van der Waals surface area contributed by atoms with Crippen molar-refractivity contribution in [2.45, 2.75) is 79.4 Å². The Hall–Kier alpha value is -1.35. The number of carbonyl (C=O) groups excluding carboxylic acids is 1. The van der Waals surface area contributed by atoms with Crippen LogP contribution in [0.2, 0.25) is 0 Å². The van der Waals surface area contributed by atoms with Crippen molar-refractivity contribution in [1.29, 1.82) is 0 Å². The maximum absolute atomic E-state index is 12.6. The first-order valence-corrected chi connectivity index (χ1v) is 9.62. The molecule has 0 radical (unpaired) electrons. The van der Waals surface area contributed by atoms with Crippen LogP contribution in [0.25, 0.3) is 0 Å². The van der Waals surface area contributed by atoms with Crippen LogP contribution in [0.1, 0.15) is 67.7 Å². The van der Waals surface area contributed by atoms with Crippen molar-refractivity contribution in [1.82, 2.24) is 5.32 Å². The lowest BCUT2D eigenvalue weighted by Crippen LogP contribution is -2.44. The van der Waals surface area contributed by atoms with Gasteiger partial charge in [-0.25, -0.2) is 0 Å². The predicted octanol–water partition coefficient (Wildman–Crippen LogP) is 5.19. The van der Waals surface area contributed by atoms with E-state index in [9.17, 15) is 4.79 Å². The summed E-state index contributed by atoms with van der Waals surface area (Å²) in [6, 6.07) is 0. The van der Waals surface area contributed by atoms with E-state index in [0.717, 1.165) is 19.3 Å². The highest BCUT2D eigenvalue weighted by atomic mass is 16.5. The molecule has 0 spiro atoms. The van der Waals surface area contributed by atoms with Crippen LogP contribution in [-0.2, 0) is 9.53 Å². The molecule has 3 nitrogen and oxygen atoms in total. The molecular formula is C22H37NO2. The molecule has 0 heterocycles. The summed E-state index contributed by atoms with van der Waals surface area (Å²) in [5, 5.41) is 3.14. The molecule has 0 saturated heterocycles. The fourth-order valence-electron chi connectivity index (χ4n) is 2.72. The lowest BCUT2D eigenvalue weighted by Gasteiger charge is -2.27. The van der Waals surface area contributed by atoms with Crippen LogP contribution in [0.15, 0.2) is 36.0 Å². The summed E-state index contributed by atoms with van der Waals surface area (Å²) in [6.07, 6.45) is 13.4. The molecule has 1 N–H and O–H groups in total. The SMILES string of the molecule is CCCC(C)OCCC(C)(C)NC(=O)C1=CC=CC(C)(C(C)C)C=C1. The molecule has 1 aliphatic rings. The number of allylic oxidation sites excluding steroid dienone is 4. The van der Waals surface area contributed by atoms with Crippen molar-refractivity contribution >= 4 is 5.91 Å². The number of hydrogen-bond acceptors (Lipinski definition) is 2. The minimum atomic E-state index is -0.297. The lowest BCUT2D eigenvalue weighted by molar-refractivity contribution is -0.118. The summed E-state index contributed by atoms with van der Waals surface area (Å²) in [7, 11) is 0. The fourth-order valence-corrected chi connectivity index (χ4v) is 2.72. The monoisotopic (exact) mass is 347 g/mol. The second-order valence-corrected chi connectivity index (χ2v) is 8.39. The zero-order valence-corrected chi connectivity index (χ0v) is 17.2. The molecule has 2 atom stereocenters. The van der Waals surface area contributed by atoms with Crippen molar-refractivity contribution < 1.29 is 9.53 Å². The number of rotatable bonds is 9. The molecule has 0 aromatic heterocycles. The maximum atomic E-state index is 12.6. The Morgan fingerprint density at radius 3 is 2.56 bits per heavy atom. The van der Waals surface area contributed by atoms with Crippen LogP contribution in [0, 0.1) is 11.3 Å². The molecule has 2 unspecified atom stereocenters. The number of nitrogens with one attached hydrogen (secondary N) is 1. The van der Waals surface area contributed by atoms with Crippen molar-refractivity contribution in [3.63, 3.8) is 0 Å². The summed E-state index contributed by atoms with van der Waals surface area (Å²) in [5.74, 6) is 0.454. The molecule has 1 aliphatic carbocycles. The molecule has 0 saturated carbocycles. The van der Waals surface area contributed by atoms with E-state index in [2.05, 4.69) is 52.1 Å². The fraction of sp³-hybridized carbons (Fsp3) is 0.682. The zero-order valence-electron chi connectivity index (χ0n) is 17.2. The van der Waals surface area contributed by atoms with Gasteiger partial charge in [0.15, 0.2) is 0 Å². The summed E-state index contributed by atoms with van der Waals surface area (Å²) in [4.78, 5) is 12.6. The van der Waals surface area contributed by atoms with E-state index in [1.807, 2.05) is 32.1 Å². The maximum Gasteiger partial charge on any atom is 0.251 e. The van der Waals surface area contributed by atoms with Crippen molar-refractivity contribution in [3.8, 4) is 0 Å². The van der Waals surface area contributed by atoms with Crippen LogP contribution in [0.4, 0.5) is 0 Å². The number of hydrogen-bond donors (Lipinski definition) is 1. The largest absolute Gasteiger partial charge is 0.378 e. The highest BCUT2D eigenvalue weighted by molar-refractivity contribution is 5.97. The first kappa shape index (κ1) is 21.7. The van der Waals surface area contributed by atoms with E-state index in [1.54, 1.807) is 0 Å². The molecule has 0 bridgehead atoms. The minimum Gasteiger partial charge on any atom is -0.378 e. The first-order valence-electron chi connectivity index (χ1n) is 9.62. The number of amides is 1. The normalized spacial score (nSPS) is 21.8. The van der Waals surface area contributed by atoms with Crippen LogP contribution in [-0.4, -0.2) is 24.2 Å². The van der Waals surface area contributed by atoms with E-state index < -0.39 is 0 Å². The molecule has 0 aromatic rings. The molecule has 0 fully saturated rings. The Kier molecular flexibility index (Phi) is 8.14. The van der Waals surface area contributed by atoms with E-state index in [-0.39, 0.29) is 23.0 Å². The average molecular weight is 348 g/mol. The Labute approximate surface area is 154 Å². The second-order valence-electron chi connectivity index (χ2n) is 8.39. The van der Waals surface area contributed by atoms with E-state index >= 15 is 0 Å². The van der Waals surface area contributed by atoms with Gasteiger partial charge in [-0.05, 0) is 45.6 Å². The summed E-state index contributed by atoms with van der Waals surface area (Å²) in [5.41, 5.74) is 0.390. The van der Waals surface area contributed by atoms with E-state index in [1.165, 1.54) is 0 Å². The average Bonchev–Trinajstić information content (AvgIpc) is 2.70. The smallest absolute Gasteiger partial charge is 0.251 e. The van der Waals surface area contributed by atoms with Crippen LogP contribution < -0.4 is 5.32 Å². The van der Waals surface area contributed by atoms with Gasteiger partial charge in [-0.15, -0.1) is 0 Å². The standard InChI is InChI=1S/C22H37NO2/c1-8-10-18(4)25-16-15-21(5,6)23-20(24)19-11-9-13-22(7,14-12-19)17(2)3/h9,11-14,17-18H,8,10,15-16H2,1-7H3,(H,23,24). The highest BCUT2D eigenvalue weighted by Crippen LogP contribution is 2.32.